The average Bonchev–Trinajstić information content (AvgIpc) is 3.13. The molecular formula is C28H46O5. The summed E-state index contributed by atoms with van der Waals surface area (Å²) in [6.45, 7) is 5.07. The van der Waals surface area contributed by atoms with E-state index in [1.54, 1.807) is 0 Å². The van der Waals surface area contributed by atoms with Gasteiger partial charge in [-0.2, -0.15) is 0 Å². The summed E-state index contributed by atoms with van der Waals surface area (Å²) in [4.78, 5) is 23.1. The smallest absolute Gasteiger partial charge is 0.303 e. The maximum Gasteiger partial charge on any atom is 0.303 e. The van der Waals surface area contributed by atoms with Crippen LogP contribution in [-0.4, -0.2) is 35.9 Å². The van der Waals surface area contributed by atoms with Gasteiger partial charge < -0.3 is 14.6 Å². The Bertz CT molecular complexity index is 628. The van der Waals surface area contributed by atoms with Crippen molar-refractivity contribution >= 4 is 11.8 Å². The quantitative estimate of drug-likeness (QED) is 0.197. The van der Waals surface area contributed by atoms with Crippen LogP contribution < -0.4 is 0 Å². The zero-order valence-corrected chi connectivity index (χ0v) is 20.9. The number of carboxylic acid groups (broad SMARTS) is 1. The highest BCUT2D eigenvalue weighted by atomic mass is 16.7. The monoisotopic (exact) mass is 462 g/mol. The normalized spacial score (nSPS) is 24.3. The summed E-state index contributed by atoms with van der Waals surface area (Å²) in [6, 6.07) is 0. The number of carboxylic acids is 1. The van der Waals surface area contributed by atoms with Crippen LogP contribution in [0.2, 0.25) is 0 Å². The van der Waals surface area contributed by atoms with Crippen LogP contribution in [0.15, 0.2) is 23.8 Å². The third-order valence-electron chi connectivity index (χ3n) is 6.84. The van der Waals surface area contributed by atoms with Gasteiger partial charge in [0, 0.05) is 25.4 Å². The van der Waals surface area contributed by atoms with Crippen LogP contribution in [0.5, 0.6) is 0 Å². The second-order valence-corrected chi connectivity index (χ2v) is 10.0. The van der Waals surface area contributed by atoms with E-state index in [4.69, 9.17) is 14.6 Å². The molecule has 0 aromatic rings. The number of carbonyl (C=O) groups is 2. The van der Waals surface area contributed by atoms with E-state index in [1.165, 1.54) is 5.57 Å². The molecule has 2 unspecified atom stereocenters. The van der Waals surface area contributed by atoms with Crippen molar-refractivity contribution < 1.29 is 24.2 Å². The Morgan fingerprint density at radius 1 is 1.12 bits per heavy atom. The first-order valence-electron chi connectivity index (χ1n) is 13.3. The Kier molecular flexibility index (Phi) is 13.7. The number of ether oxygens (including phenoxy) is 2. The van der Waals surface area contributed by atoms with E-state index in [0.717, 1.165) is 90.1 Å². The molecule has 1 aliphatic heterocycles. The predicted octanol–water partition coefficient (Wildman–Crippen LogP) is 7.00. The minimum Gasteiger partial charge on any atom is -0.481 e. The van der Waals surface area contributed by atoms with Gasteiger partial charge in [-0.3, -0.25) is 9.59 Å². The first-order valence-corrected chi connectivity index (χ1v) is 13.3. The van der Waals surface area contributed by atoms with Crippen LogP contribution in [0.1, 0.15) is 110 Å². The summed E-state index contributed by atoms with van der Waals surface area (Å²) >= 11 is 0. The molecule has 0 spiro atoms. The fraction of sp³-hybridized carbons (Fsp3) is 0.786. The summed E-state index contributed by atoms with van der Waals surface area (Å²) in [5, 5.41) is 8.75. The Labute approximate surface area is 201 Å². The summed E-state index contributed by atoms with van der Waals surface area (Å²) in [5.41, 5.74) is 1.37. The number of Topliss-reactive ketones (excluding diaryl/α,β-unsaturated/α-hetero) is 1. The fourth-order valence-corrected chi connectivity index (χ4v) is 4.90. The summed E-state index contributed by atoms with van der Waals surface area (Å²) in [6.07, 6.45) is 20.8. The van der Waals surface area contributed by atoms with Crippen molar-refractivity contribution in [2.75, 3.05) is 6.61 Å². The Balaban J connectivity index is 1.83. The Morgan fingerprint density at radius 3 is 2.67 bits per heavy atom. The number of allylic oxidation sites excluding steroid dienone is 3. The number of rotatable bonds is 16. The lowest BCUT2D eigenvalue weighted by atomic mass is 9.89. The SMILES string of the molecule is CC(C)=CCCCCC(/C=C/[C@H]1CCC(=O)[C@@H]1CCCCCCC(=O)O)OC1CCCCO1. The van der Waals surface area contributed by atoms with Crippen LogP contribution in [0.3, 0.4) is 0 Å². The highest BCUT2D eigenvalue weighted by Crippen LogP contribution is 2.34. The largest absolute Gasteiger partial charge is 0.481 e. The first-order chi connectivity index (χ1) is 16.0. The maximum atomic E-state index is 12.5. The number of unbranched alkanes of at least 4 members (excludes halogenated alkanes) is 5. The van der Waals surface area contributed by atoms with Gasteiger partial charge in [-0.25, -0.2) is 0 Å². The molecule has 2 fully saturated rings. The van der Waals surface area contributed by atoms with Crippen molar-refractivity contribution in [1.29, 1.82) is 0 Å². The molecule has 2 rings (SSSR count). The molecule has 4 atom stereocenters. The van der Waals surface area contributed by atoms with Gasteiger partial charge in [-0.1, -0.05) is 49.5 Å². The minimum absolute atomic E-state index is 0.0483. The molecular weight excluding hydrogens is 416 g/mol. The summed E-state index contributed by atoms with van der Waals surface area (Å²) in [7, 11) is 0. The van der Waals surface area contributed by atoms with Gasteiger partial charge >= 0.3 is 5.97 Å². The van der Waals surface area contributed by atoms with Crippen molar-refractivity contribution in [3.63, 3.8) is 0 Å². The Hall–Kier alpha value is -1.46. The molecule has 1 saturated heterocycles. The van der Waals surface area contributed by atoms with Crippen LogP contribution in [0, 0.1) is 11.8 Å². The lowest BCUT2D eigenvalue weighted by molar-refractivity contribution is -0.179. The van der Waals surface area contributed by atoms with E-state index in [-0.39, 0.29) is 24.7 Å². The number of hydrogen-bond donors (Lipinski definition) is 1. The van der Waals surface area contributed by atoms with Crippen molar-refractivity contribution in [3.8, 4) is 0 Å². The van der Waals surface area contributed by atoms with Gasteiger partial charge in [0.2, 0.25) is 0 Å². The molecule has 1 heterocycles. The predicted molar refractivity (Wildman–Crippen MR) is 132 cm³/mol. The highest BCUT2D eigenvalue weighted by Gasteiger charge is 2.32. The van der Waals surface area contributed by atoms with Gasteiger partial charge in [-0.15, -0.1) is 0 Å². The van der Waals surface area contributed by atoms with E-state index >= 15 is 0 Å². The van der Waals surface area contributed by atoms with Crippen LogP contribution in [0.4, 0.5) is 0 Å². The van der Waals surface area contributed by atoms with Crippen molar-refractivity contribution in [1.82, 2.24) is 0 Å². The van der Waals surface area contributed by atoms with E-state index in [9.17, 15) is 9.59 Å². The average molecular weight is 463 g/mol. The van der Waals surface area contributed by atoms with Crippen molar-refractivity contribution in [3.05, 3.63) is 23.8 Å². The molecule has 5 heteroatoms. The second kappa shape index (κ2) is 16.2. The van der Waals surface area contributed by atoms with Crippen LogP contribution in [0.25, 0.3) is 0 Å². The van der Waals surface area contributed by atoms with Gasteiger partial charge in [0.1, 0.15) is 5.78 Å². The van der Waals surface area contributed by atoms with E-state index in [0.29, 0.717) is 18.1 Å². The molecule has 33 heavy (non-hydrogen) atoms. The zero-order chi connectivity index (χ0) is 23.9. The van der Waals surface area contributed by atoms with E-state index in [2.05, 4.69) is 32.1 Å². The second-order valence-electron chi connectivity index (χ2n) is 10.0. The minimum atomic E-state index is -0.724. The van der Waals surface area contributed by atoms with Crippen molar-refractivity contribution in [2.24, 2.45) is 11.8 Å². The van der Waals surface area contributed by atoms with Gasteiger partial charge in [0.15, 0.2) is 6.29 Å². The van der Waals surface area contributed by atoms with E-state index < -0.39 is 5.97 Å². The fourth-order valence-electron chi connectivity index (χ4n) is 4.90. The number of carbonyl (C=O) groups excluding carboxylic acids is 1. The molecule has 0 aromatic carbocycles. The van der Waals surface area contributed by atoms with E-state index in [1.807, 2.05) is 0 Å². The van der Waals surface area contributed by atoms with Gasteiger partial charge in [-0.05, 0) is 77.6 Å². The zero-order valence-electron chi connectivity index (χ0n) is 20.9. The third-order valence-corrected chi connectivity index (χ3v) is 6.84. The third kappa shape index (κ3) is 12.0. The van der Waals surface area contributed by atoms with Crippen molar-refractivity contribution in [2.45, 2.75) is 123 Å². The molecule has 0 aromatic heterocycles. The molecule has 1 N–H and O–H groups in total. The molecule has 5 nitrogen and oxygen atoms in total. The summed E-state index contributed by atoms with van der Waals surface area (Å²) in [5.74, 6) is 0.0917. The number of aliphatic carboxylic acids is 1. The standard InChI is InChI=1S/C28H46O5/c1-22(2)12-6-5-7-13-24(33-28-16-10-11-21-32-28)19-17-23-18-20-26(29)25(23)14-8-3-4-9-15-27(30)31/h12,17,19,23-25,28H,3-11,13-16,18,20-21H2,1-2H3,(H,30,31)/b19-17+/t23-,24?,25+,28?/m0/s1. The molecule has 0 radical (unpaired) electrons. The van der Waals surface area contributed by atoms with Gasteiger partial charge in [0.25, 0.3) is 0 Å². The topological polar surface area (TPSA) is 72.8 Å². The Morgan fingerprint density at radius 2 is 1.94 bits per heavy atom. The molecule has 188 valence electrons. The molecule has 0 bridgehead atoms. The molecule has 0 amide bonds. The van der Waals surface area contributed by atoms with Gasteiger partial charge in [0.05, 0.1) is 6.10 Å². The van der Waals surface area contributed by atoms with Crippen LogP contribution in [-0.2, 0) is 19.1 Å². The number of ketones is 1. The first kappa shape index (κ1) is 27.8. The number of hydrogen-bond acceptors (Lipinski definition) is 4. The van der Waals surface area contributed by atoms with Crippen LogP contribution >= 0.6 is 0 Å². The molecule has 1 saturated carbocycles. The molecule has 2 aliphatic rings. The lowest BCUT2D eigenvalue weighted by Crippen LogP contribution is -2.27. The highest BCUT2D eigenvalue weighted by molar-refractivity contribution is 5.83. The molecule has 1 aliphatic carbocycles. The maximum absolute atomic E-state index is 12.5. The summed E-state index contributed by atoms with van der Waals surface area (Å²) < 4.78 is 12.1. The lowest BCUT2D eigenvalue weighted by Gasteiger charge is -2.27.